The molecule has 0 aliphatic heterocycles. The van der Waals surface area contributed by atoms with Crippen LogP contribution < -0.4 is 0 Å². The minimum atomic E-state index is -4.77. The molecule has 392 valence electrons. The normalized spacial score (nSPS) is 11.0. The molecule has 0 fully saturated rings. The van der Waals surface area contributed by atoms with Crippen molar-refractivity contribution in [1.29, 1.82) is 0 Å². The molecule has 0 bridgehead atoms. The lowest BCUT2D eigenvalue weighted by atomic mass is 9.97. The maximum atomic E-state index is 13.1. The third kappa shape index (κ3) is 25.8. The van der Waals surface area contributed by atoms with Crippen LogP contribution in [0.1, 0.15) is 193 Å². The molecule has 0 aromatic heterocycles. The van der Waals surface area contributed by atoms with E-state index in [2.05, 4.69) is 130 Å². The highest BCUT2D eigenvalue weighted by molar-refractivity contribution is 6.34. The largest absolute Gasteiger partial charge is 0.416 e. The van der Waals surface area contributed by atoms with Crippen LogP contribution in [-0.4, -0.2) is 0 Å². The molecule has 0 heterocycles. The second-order valence-electron chi connectivity index (χ2n) is 19.3. The van der Waals surface area contributed by atoms with Gasteiger partial charge in [-0.3, -0.25) is 0 Å². The zero-order valence-electron chi connectivity index (χ0n) is 43.8. The van der Waals surface area contributed by atoms with Crippen LogP contribution >= 0.6 is 34.8 Å². The van der Waals surface area contributed by atoms with E-state index in [-0.39, 0.29) is 30.8 Å². The molecule has 6 aromatic carbocycles. The molecule has 0 N–H and O–H groups in total. The fourth-order valence-corrected chi connectivity index (χ4v) is 6.92. The summed E-state index contributed by atoms with van der Waals surface area (Å²) in [4.78, 5) is 0. The second kappa shape index (κ2) is 31.3. The average Bonchev–Trinajstić information content (AvgIpc) is 3.25. The molecule has 10 heteroatoms. The molecule has 0 unspecified atom stereocenters. The summed E-state index contributed by atoms with van der Waals surface area (Å²) < 4.78 is 87.7. The second-order valence-corrected chi connectivity index (χ2v) is 20.6. The van der Waals surface area contributed by atoms with Gasteiger partial charge in [-0.15, -0.1) is 0 Å². The summed E-state index contributed by atoms with van der Waals surface area (Å²) in [6.07, 6.45) is -9.55. The van der Waals surface area contributed by atoms with Gasteiger partial charge in [0.15, 0.2) is 0 Å². The highest BCUT2D eigenvalue weighted by Gasteiger charge is 2.37. The van der Waals surface area contributed by atoms with Crippen molar-refractivity contribution >= 4 is 34.8 Å². The van der Waals surface area contributed by atoms with Crippen molar-refractivity contribution in [2.75, 3.05) is 0 Å². The Labute approximate surface area is 438 Å². The molecule has 0 amide bonds. The molecular formula is C61H78Cl3F7. The standard InChI is InChI=1S/C11H10F6.C10H13Cl.C10H13F.2C10H14.C9H10Cl2.CH4/c1-6(2)7-3-8(10(12,13)14)5-9(4-7)11(15,16)17;1-7(2)9-5-4-8(3)10(11)6-9;1-7(2)9-5-4-8(3)6-10(9)11;2*1-8(2)10-6-4-9(3)5-7-10;1-6(2)7-3-8(10)5-9(11)4-7;/h3-6H,1-2H3;2*4-7H,1-3H3;2*4-8H,1-3H3;3-6H,1-2H3;1H4. The Morgan fingerprint density at radius 3 is 1.00 bits per heavy atom. The van der Waals surface area contributed by atoms with Gasteiger partial charge >= 0.3 is 12.4 Å². The van der Waals surface area contributed by atoms with Crippen LogP contribution in [0.4, 0.5) is 30.7 Å². The molecular weight excluding hydrogens is 972 g/mol. The molecule has 6 rings (SSSR count). The summed E-state index contributed by atoms with van der Waals surface area (Å²) in [5.74, 6) is 2.13. The van der Waals surface area contributed by atoms with E-state index in [4.69, 9.17) is 34.8 Å². The zero-order chi connectivity index (χ0) is 53.8. The lowest BCUT2D eigenvalue weighted by molar-refractivity contribution is -0.143. The van der Waals surface area contributed by atoms with Crippen molar-refractivity contribution in [3.8, 4) is 0 Å². The number of alkyl halides is 6. The predicted octanol–water partition coefficient (Wildman–Crippen LogP) is 22.9. The Morgan fingerprint density at radius 2 is 0.690 bits per heavy atom. The Hall–Kier alpha value is -4.30. The van der Waals surface area contributed by atoms with E-state index in [1.165, 1.54) is 47.2 Å². The van der Waals surface area contributed by atoms with Crippen molar-refractivity contribution in [1.82, 2.24) is 0 Å². The molecule has 0 spiro atoms. The Bertz CT molecular complexity index is 2340. The lowest BCUT2D eigenvalue weighted by Crippen LogP contribution is -2.12. The minimum absolute atomic E-state index is 0. The SMILES string of the molecule is C.CC(C)c1cc(C(F)(F)F)cc(C(F)(F)F)c1.CC(C)c1cc(Cl)cc(Cl)c1.Cc1ccc(C(C)C)c(F)c1.Cc1ccc(C(C)C)cc1.Cc1ccc(C(C)C)cc1.Cc1ccc(C(C)C)cc1Cl. The fourth-order valence-electron chi connectivity index (χ4n) is 6.19. The van der Waals surface area contributed by atoms with Gasteiger partial charge in [0.25, 0.3) is 0 Å². The number of aryl methyl sites for hydroxylation is 4. The molecule has 71 heavy (non-hydrogen) atoms. The summed E-state index contributed by atoms with van der Waals surface area (Å²) in [6, 6.07) is 36.3. The van der Waals surface area contributed by atoms with Crippen molar-refractivity contribution in [2.45, 2.75) is 166 Å². The van der Waals surface area contributed by atoms with E-state index in [9.17, 15) is 30.7 Å². The molecule has 6 aromatic rings. The van der Waals surface area contributed by atoms with Gasteiger partial charge < -0.3 is 0 Å². The van der Waals surface area contributed by atoms with Crippen molar-refractivity contribution in [3.63, 3.8) is 0 Å². The smallest absolute Gasteiger partial charge is 0.207 e. The third-order valence-electron chi connectivity index (χ3n) is 11.0. The van der Waals surface area contributed by atoms with Gasteiger partial charge in [0.1, 0.15) is 5.82 Å². The van der Waals surface area contributed by atoms with Crippen molar-refractivity contribution in [2.24, 2.45) is 0 Å². The van der Waals surface area contributed by atoms with Gasteiger partial charge in [-0.2, -0.15) is 26.3 Å². The Morgan fingerprint density at radius 1 is 0.352 bits per heavy atom. The summed E-state index contributed by atoms with van der Waals surface area (Å²) >= 11 is 17.6. The van der Waals surface area contributed by atoms with Gasteiger partial charge in [-0.1, -0.05) is 209 Å². The first kappa shape index (κ1) is 66.7. The molecule has 0 saturated heterocycles. The summed E-state index contributed by atoms with van der Waals surface area (Å²) in [5, 5.41) is 2.29. The van der Waals surface area contributed by atoms with Crippen LogP contribution in [0.3, 0.4) is 0 Å². The fraction of sp³-hybridized carbons (Fsp3) is 0.410. The van der Waals surface area contributed by atoms with E-state index in [0.29, 0.717) is 33.7 Å². The van der Waals surface area contributed by atoms with Gasteiger partial charge in [0.05, 0.1) is 11.1 Å². The van der Waals surface area contributed by atoms with Gasteiger partial charge in [-0.25, -0.2) is 4.39 Å². The highest BCUT2D eigenvalue weighted by Crippen LogP contribution is 2.37. The van der Waals surface area contributed by atoms with E-state index < -0.39 is 29.4 Å². The summed E-state index contributed by atoms with van der Waals surface area (Å²) in [7, 11) is 0. The first-order valence-electron chi connectivity index (χ1n) is 23.6. The molecule has 0 aliphatic rings. The monoisotopic (exact) mass is 1050 g/mol. The number of halogens is 10. The van der Waals surface area contributed by atoms with Gasteiger partial charge in [-0.05, 0) is 156 Å². The highest BCUT2D eigenvalue weighted by atomic mass is 35.5. The molecule has 0 radical (unpaired) electrons. The number of hydrogen-bond donors (Lipinski definition) is 0. The zero-order valence-corrected chi connectivity index (χ0v) is 46.1. The van der Waals surface area contributed by atoms with Crippen LogP contribution in [0.2, 0.25) is 15.1 Å². The van der Waals surface area contributed by atoms with E-state index in [1.54, 1.807) is 12.1 Å². The summed E-state index contributed by atoms with van der Waals surface area (Å²) in [5.41, 5.74) is 8.42. The first-order chi connectivity index (χ1) is 32.2. The molecule has 0 atom stereocenters. The first-order valence-corrected chi connectivity index (χ1v) is 24.8. The van der Waals surface area contributed by atoms with E-state index in [1.807, 2.05) is 58.0 Å². The number of benzene rings is 6. The minimum Gasteiger partial charge on any atom is -0.207 e. The van der Waals surface area contributed by atoms with Crippen LogP contribution in [0.25, 0.3) is 0 Å². The third-order valence-corrected chi connectivity index (χ3v) is 11.8. The maximum Gasteiger partial charge on any atom is 0.416 e. The van der Waals surface area contributed by atoms with E-state index >= 15 is 0 Å². The van der Waals surface area contributed by atoms with Gasteiger partial charge in [0, 0.05) is 15.1 Å². The molecule has 0 aliphatic carbocycles. The maximum absolute atomic E-state index is 13.1. The average molecular weight is 1050 g/mol. The lowest BCUT2D eigenvalue weighted by Gasteiger charge is -2.15. The topological polar surface area (TPSA) is 0 Å². The summed E-state index contributed by atoms with van der Waals surface area (Å²) in [6.45, 7) is 32.6. The van der Waals surface area contributed by atoms with Gasteiger partial charge in [0.2, 0.25) is 0 Å². The molecule has 0 nitrogen and oxygen atoms in total. The Kier molecular flexibility index (Phi) is 29.4. The van der Waals surface area contributed by atoms with Crippen LogP contribution in [0, 0.1) is 33.5 Å². The van der Waals surface area contributed by atoms with E-state index in [0.717, 1.165) is 33.8 Å². The van der Waals surface area contributed by atoms with Crippen molar-refractivity contribution < 1.29 is 30.7 Å². The number of rotatable bonds is 6. The van der Waals surface area contributed by atoms with Crippen LogP contribution in [0.15, 0.2) is 121 Å². The van der Waals surface area contributed by atoms with Crippen LogP contribution in [0.5, 0.6) is 0 Å². The number of hydrogen-bond acceptors (Lipinski definition) is 0. The quantitative estimate of drug-likeness (QED) is 0.146. The predicted molar refractivity (Wildman–Crippen MR) is 294 cm³/mol. The molecule has 0 saturated carbocycles. The van der Waals surface area contributed by atoms with Crippen molar-refractivity contribution in [3.05, 3.63) is 209 Å². The van der Waals surface area contributed by atoms with Crippen LogP contribution in [-0.2, 0) is 12.4 Å². The Balaban J connectivity index is 0.000000835.